The van der Waals surface area contributed by atoms with Crippen molar-refractivity contribution < 1.29 is 32.6 Å². The normalized spacial score (nSPS) is 12.6. The minimum Gasteiger partial charge on any atom is -0.481 e. The van der Waals surface area contributed by atoms with Crippen LogP contribution in [0.3, 0.4) is 0 Å². The van der Waals surface area contributed by atoms with E-state index in [9.17, 15) is 22.8 Å². The summed E-state index contributed by atoms with van der Waals surface area (Å²) in [6.07, 6.45) is -4.84. The van der Waals surface area contributed by atoms with Gasteiger partial charge >= 0.3 is 12.3 Å². The molecular formula is C13H14F3NO4. The maximum atomic E-state index is 12.3. The second-order valence-corrected chi connectivity index (χ2v) is 4.41. The first-order valence-corrected chi connectivity index (χ1v) is 5.93. The summed E-state index contributed by atoms with van der Waals surface area (Å²) in [5, 5.41) is 8.75. The predicted octanol–water partition coefficient (Wildman–Crippen LogP) is 2.26. The Bertz CT molecular complexity index is 530. The van der Waals surface area contributed by atoms with Crippen molar-refractivity contribution >= 4 is 11.9 Å². The van der Waals surface area contributed by atoms with Crippen LogP contribution in [0.25, 0.3) is 0 Å². The number of para-hydroxylation sites is 1. The van der Waals surface area contributed by atoms with Gasteiger partial charge in [0.25, 0.3) is 0 Å². The van der Waals surface area contributed by atoms with Crippen LogP contribution in [0.1, 0.15) is 12.5 Å². The van der Waals surface area contributed by atoms with E-state index in [1.54, 1.807) is 0 Å². The number of carbonyl (C=O) groups is 2. The lowest BCUT2D eigenvalue weighted by atomic mass is 10.1. The van der Waals surface area contributed by atoms with Crippen molar-refractivity contribution in [3.05, 3.63) is 29.8 Å². The van der Waals surface area contributed by atoms with Gasteiger partial charge in [-0.2, -0.15) is 0 Å². The van der Waals surface area contributed by atoms with Gasteiger partial charge in [-0.3, -0.25) is 9.59 Å². The lowest BCUT2D eigenvalue weighted by Crippen LogP contribution is -2.35. The molecule has 0 heterocycles. The van der Waals surface area contributed by atoms with Gasteiger partial charge in [0.05, 0.1) is 0 Å². The number of nitrogens with zero attached hydrogens (tertiary/aromatic N) is 1. The van der Waals surface area contributed by atoms with E-state index >= 15 is 0 Å². The van der Waals surface area contributed by atoms with E-state index in [1.807, 2.05) is 0 Å². The number of hydrogen-bond acceptors (Lipinski definition) is 3. The highest BCUT2D eigenvalue weighted by atomic mass is 19.4. The minimum atomic E-state index is -4.84. The monoisotopic (exact) mass is 305 g/mol. The number of carboxylic acids is 1. The third-order valence-electron chi connectivity index (χ3n) is 2.72. The van der Waals surface area contributed by atoms with Crippen LogP contribution in [0.15, 0.2) is 24.3 Å². The molecule has 21 heavy (non-hydrogen) atoms. The van der Waals surface area contributed by atoms with Gasteiger partial charge in [0, 0.05) is 19.2 Å². The molecule has 1 aromatic carbocycles. The molecule has 1 amide bonds. The third-order valence-corrected chi connectivity index (χ3v) is 2.72. The van der Waals surface area contributed by atoms with Crippen LogP contribution < -0.4 is 4.74 Å². The minimum absolute atomic E-state index is 0.128. The molecule has 0 aromatic heterocycles. The Morgan fingerprint density at radius 3 is 2.43 bits per heavy atom. The Balaban J connectivity index is 2.88. The quantitative estimate of drug-likeness (QED) is 0.847. The van der Waals surface area contributed by atoms with Crippen molar-refractivity contribution in [3.63, 3.8) is 0 Å². The van der Waals surface area contributed by atoms with Gasteiger partial charge in [0.1, 0.15) is 11.7 Å². The highest BCUT2D eigenvalue weighted by Gasteiger charge is 2.32. The summed E-state index contributed by atoms with van der Waals surface area (Å²) >= 11 is 0. The van der Waals surface area contributed by atoms with Gasteiger partial charge in [-0.1, -0.05) is 18.2 Å². The number of rotatable bonds is 5. The molecule has 1 aromatic rings. The molecule has 8 heteroatoms. The van der Waals surface area contributed by atoms with Crippen LogP contribution in [0.5, 0.6) is 5.75 Å². The average Bonchev–Trinajstić information content (AvgIpc) is 2.37. The first-order valence-electron chi connectivity index (χ1n) is 5.93. The van der Waals surface area contributed by atoms with E-state index < -0.39 is 29.9 Å². The first-order chi connectivity index (χ1) is 9.61. The van der Waals surface area contributed by atoms with Crippen LogP contribution in [0.4, 0.5) is 13.2 Å². The first kappa shape index (κ1) is 16.8. The second kappa shape index (κ2) is 6.47. The highest BCUT2D eigenvalue weighted by molar-refractivity contribution is 5.96. The summed E-state index contributed by atoms with van der Waals surface area (Å²) in [5.41, 5.74) is 0.128. The van der Waals surface area contributed by atoms with Crippen LogP contribution in [-0.4, -0.2) is 35.3 Å². The molecule has 0 spiro atoms. The fourth-order valence-electron chi connectivity index (χ4n) is 1.63. The molecule has 1 rings (SSSR count). The summed E-state index contributed by atoms with van der Waals surface area (Å²) in [6.45, 7) is 1.02. The molecule has 116 valence electrons. The predicted molar refractivity (Wildman–Crippen MR) is 66.4 cm³/mol. The maximum absolute atomic E-state index is 12.3. The number of carbonyl (C=O) groups excluding carboxylic acids is 1. The number of ether oxygens (including phenoxy) is 1. The molecule has 0 fully saturated rings. The van der Waals surface area contributed by atoms with E-state index in [2.05, 4.69) is 4.74 Å². The summed E-state index contributed by atoms with van der Waals surface area (Å²) in [4.78, 5) is 23.5. The fourth-order valence-corrected chi connectivity index (χ4v) is 1.63. The highest BCUT2D eigenvalue weighted by Crippen LogP contribution is 2.27. The zero-order valence-electron chi connectivity index (χ0n) is 11.3. The van der Waals surface area contributed by atoms with Crippen LogP contribution in [0, 0.1) is 5.92 Å². The SMILES string of the molecule is CC(C(=O)O)C(=O)N(C)Cc1ccccc1OC(F)(F)F. The molecule has 0 radical (unpaired) electrons. The molecule has 0 aliphatic rings. The Hall–Kier alpha value is -2.25. The maximum Gasteiger partial charge on any atom is 0.573 e. The van der Waals surface area contributed by atoms with Gasteiger partial charge in [-0.25, -0.2) is 0 Å². The van der Waals surface area contributed by atoms with Crippen LogP contribution in [0.2, 0.25) is 0 Å². The molecule has 1 N–H and O–H groups in total. The van der Waals surface area contributed by atoms with E-state index in [4.69, 9.17) is 5.11 Å². The zero-order valence-corrected chi connectivity index (χ0v) is 11.3. The van der Waals surface area contributed by atoms with E-state index in [0.717, 1.165) is 11.0 Å². The molecule has 0 aliphatic heterocycles. The number of carboxylic acid groups (broad SMARTS) is 1. The van der Waals surface area contributed by atoms with Crippen molar-refractivity contribution in [2.75, 3.05) is 7.05 Å². The lowest BCUT2D eigenvalue weighted by molar-refractivity contribution is -0.275. The molecule has 1 unspecified atom stereocenters. The van der Waals surface area contributed by atoms with Gasteiger partial charge < -0.3 is 14.7 Å². The summed E-state index contributed by atoms with van der Waals surface area (Å²) in [5.74, 6) is -3.70. The number of benzene rings is 1. The Morgan fingerprint density at radius 2 is 1.90 bits per heavy atom. The van der Waals surface area contributed by atoms with E-state index in [0.29, 0.717) is 0 Å². The number of hydrogen-bond donors (Lipinski definition) is 1. The summed E-state index contributed by atoms with van der Waals surface area (Å²) in [7, 11) is 1.31. The zero-order chi connectivity index (χ0) is 16.2. The van der Waals surface area contributed by atoms with Crippen molar-refractivity contribution in [2.45, 2.75) is 19.8 Å². The number of halogens is 3. The van der Waals surface area contributed by atoms with Crippen LogP contribution in [-0.2, 0) is 16.1 Å². The lowest BCUT2D eigenvalue weighted by Gasteiger charge is -2.21. The summed E-state index contributed by atoms with van der Waals surface area (Å²) in [6, 6.07) is 5.36. The van der Waals surface area contributed by atoms with Gasteiger partial charge in [0.2, 0.25) is 5.91 Å². The molecule has 0 saturated carbocycles. The van der Waals surface area contributed by atoms with Crippen molar-refractivity contribution in [2.24, 2.45) is 5.92 Å². The Kier molecular flexibility index (Phi) is 5.17. The standard InChI is InChI=1S/C13H14F3NO4/c1-8(12(19)20)11(18)17(2)7-9-5-3-4-6-10(9)21-13(14,15)16/h3-6,8H,7H2,1-2H3,(H,19,20). The van der Waals surface area contributed by atoms with Gasteiger partial charge in [-0.15, -0.1) is 13.2 Å². The molecular weight excluding hydrogens is 291 g/mol. The third kappa shape index (κ3) is 4.97. The van der Waals surface area contributed by atoms with Crippen molar-refractivity contribution in [1.29, 1.82) is 0 Å². The average molecular weight is 305 g/mol. The molecule has 5 nitrogen and oxygen atoms in total. The number of amides is 1. The number of alkyl halides is 3. The molecule has 0 bridgehead atoms. The second-order valence-electron chi connectivity index (χ2n) is 4.41. The number of aliphatic carboxylic acids is 1. The topological polar surface area (TPSA) is 66.8 Å². The van der Waals surface area contributed by atoms with Crippen molar-refractivity contribution in [3.8, 4) is 5.75 Å². The molecule has 0 saturated heterocycles. The fraction of sp³-hybridized carbons (Fsp3) is 0.385. The molecule has 0 aliphatic carbocycles. The van der Waals surface area contributed by atoms with Gasteiger partial charge in [0.15, 0.2) is 0 Å². The largest absolute Gasteiger partial charge is 0.573 e. The summed E-state index contributed by atoms with van der Waals surface area (Å²) < 4.78 is 40.7. The Labute approximate surface area is 118 Å². The van der Waals surface area contributed by atoms with Crippen LogP contribution >= 0.6 is 0 Å². The van der Waals surface area contributed by atoms with E-state index in [-0.39, 0.29) is 12.1 Å². The van der Waals surface area contributed by atoms with Gasteiger partial charge in [-0.05, 0) is 13.0 Å². The smallest absolute Gasteiger partial charge is 0.481 e. The molecule has 1 atom stereocenters. The Morgan fingerprint density at radius 1 is 1.33 bits per heavy atom. The van der Waals surface area contributed by atoms with E-state index in [1.165, 1.54) is 32.2 Å². The van der Waals surface area contributed by atoms with Crippen molar-refractivity contribution in [1.82, 2.24) is 4.90 Å².